The smallest absolute Gasteiger partial charge is 0.195 e. The van der Waals surface area contributed by atoms with E-state index in [0.29, 0.717) is 0 Å². The van der Waals surface area contributed by atoms with Gasteiger partial charge in [0.2, 0.25) is 0 Å². The molecule has 19 heavy (non-hydrogen) atoms. The number of rotatable bonds is 5. The molecule has 2 aromatic heterocycles. The van der Waals surface area contributed by atoms with Crippen LogP contribution in [0.25, 0.3) is 6.08 Å². The van der Waals surface area contributed by atoms with Crippen molar-refractivity contribution in [2.75, 3.05) is 0 Å². The number of halogens is 1. The van der Waals surface area contributed by atoms with Crippen LogP contribution in [0.5, 0.6) is 0 Å². The van der Waals surface area contributed by atoms with Gasteiger partial charge in [-0.1, -0.05) is 13.3 Å². The van der Waals surface area contributed by atoms with Crippen LogP contribution in [0.3, 0.4) is 0 Å². The van der Waals surface area contributed by atoms with Crippen molar-refractivity contribution >= 4 is 50.5 Å². The van der Waals surface area contributed by atoms with E-state index in [9.17, 15) is 4.79 Å². The highest BCUT2D eigenvalue weighted by Crippen LogP contribution is 2.29. The van der Waals surface area contributed by atoms with E-state index in [4.69, 9.17) is 0 Å². The lowest BCUT2D eigenvalue weighted by molar-refractivity contribution is 0.105. The molecule has 4 heteroatoms. The predicted octanol–water partition coefficient (Wildman–Crippen LogP) is 5.73. The molecule has 0 radical (unpaired) electrons. The first kappa shape index (κ1) is 14.7. The lowest BCUT2D eigenvalue weighted by Gasteiger charge is -1.92. The van der Waals surface area contributed by atoms with Crippen LogP contribution in [-0.2, 0) is 6.42 Å². The summed E-state index contributed by atoms with van der Waals surface area (Å²) in [5.74, 6) is 0.0841. The van der Waals surface area contributed by atoms with Gasteiger partial charge in [-0.05, 0) is 64.5 Å². The summed E-state index contributed by atoms with van der Waals surface area (Å²) in [5.41, 5.74) is 1.22. The van der Waals surface area contributed by atoms with Crippen LogP contribution in [0, 0.1) is 6.92 Å². The van der Waals surface area contributed by atoms with Gasteiger partial charge in [-0.3, -0.25) is 4.79 Å². The summed E-state index contributed by atoms with van der Waals surface area (Å²) in [6, 6.07) is 4.00. The molecule has 0 aliphatic rings. The van der Waals surface area contributed by atoms with Gasteiger partial charge in [0, 0.05) is 14.2 Å². The Hall–Kier alpha value is -0.710. The summed E-state index contributed by atoms with van der Waals surface area (Å²) in [4.78, 5) is 15.3. The minimum absolute atomic E-state index is 0.0841. The van der Waals surface area contributed by atoms with Crippen molar-refractivity contribution in [3.8, 4) is 0 Å². The number of carbonyl (C=O) groups is 1. The third-order valence-corrected chi connectivity index (χ3v) is 5.93. The number of aryl methyl sites for hydroxylation is 2. The van der Waals surface area contributed by atoms with Crippen LogP contribution >= 0.6 is 38.6 Å². The molecule has 2 rings (SSSR count). The Kier molecular flexibility index (Phi) is 5.13. The van der Waals surface area contributed by atoms with E-state index in [0.717, 1.165) is 27.1 Å². The molecular weight excluding hydrogens is 340 g/mol. The Morgan fingerprint density at radius 2 is 2.26 bits per heavy atom. The average molecular weight is 355 g/mol. The molecule has 0 bridgehead atoms. The quantitative estimate of drug-likeness (QED) is 0.494. The maximum absolute atomic E-state index is 12.1. The van der Waals surface area contributed by atoms with Crippen LogP contribution < -0.4 is 0 Å². The van der Waals surface area contributed by atoms with Gasteiger partial charge in [0.25, 0.3) is 0 Å². The largest absolute Gasteiger partial charge is 0.288 e. The fraction of sp³-hybridized carbons (Fsp3) is 0.267. The summed E-state index contributed by atoms with van der Waals surface area (Å²) in [6.07, 6.45) is 5.70. The summed E-state index contributed by atoms with van der Waals surface area (Å²) in [7, 11) is 0. The standard InChI is InChI=1S/C15H15BrOS2/c1-3-4-14-11(16)9-15(19-14)12(17)5-6-13-10(2)7-8-18-13/h5-9H,3-4H2,1-2H3/b6-5+. The van der Waals surface area contributed by atoms with E-state index in [-0.39, 0.29) is 5.78 Å². The molecule has 0 atom stereocenters. The van der Waals surface area contributed by atoms with Crippen molar-refractivity contribution in [2.45, 2.75) is 26.7 Å². The number of hydrogen-bond donors (Lipinski definition) is 0. The van der Waals surface area contributed by atoms with Crippen molar-refractivity contribution in [1.29, 1.82) is 0 Å². The molecule has 0 saturated carbocycles. The highest BCUT2D eigenvalue weighted by Gasteiger charge is 2.10. The van der Waals surface area contributed by atoms with Gasteiger partial charge >= 0.3 is 0 Å². The molecule has 0 N–H and O–H groups in total. The second-order valence-electron chi connectivity index (χ2n) is 4.30. The molecule has 100 valence electrons. The van der Waals surface area contributed by atoms with Gasteiger partial charge in [0.15, 0.2) is 5.78 Å². The molecule has 0 aliphatic heterocycles. The van der Waals surface area contributed by atoms with E-state index in [1.54, 1.807) is 28.7 Å². The van der Waals surface area contributed by atoms with Crippen molar-refractivity contribution in [3.63, 3.8) is 0 Å². The Labute approximate surface area is 130 Å². The Balaban J connectivity index is 2.14. The molecule has 2 heterocycles. The lowest BCUT2D eigenvalue weighted by atomic mass is 10.2. The highest BCUT2D eigenvalue weighted by molar-refractivity contribution is 9.10. The van der Waals surface area contributed by atoms with Gasteiger partial charge in [0.05, 0.1) is 4.88 Å². The second kappa shape index (κ2) is 6.64. The third kappa shape index (κ3) is 3.65. The number of allylic oxidation sites excluding steroid dienone is 1. The maximum atomic E-state index is 12.1. The third-order valence-electron chi connectivity index (χ3n) is 2.77. The zero-order chi connectivity index (χ0) is 13.8. The van der Waals surface area contributed by atoms with E-state index in [1.807, 2.05) is 17.5 Å². The maximum Gasteiger partial charge on any atom is 0.195 e. The first-order valence-electron chi connectivity index (χ1n) is 6.16. The minimum Gasteiger partial charge on any atom is -0.288 e. The molecule has 1 nitrogen and oxygen atoms in total. The molecule has 0 spiro atoms. The molecule has 0 fully saturated rings. The van der Waals surface area contributed by atoms with Crippen molar-refractivity contribution < 1.29 is 4.79 Å². The van der Waals surface area contributed by atoms with Crippen LogP contribution in [0.2, 0.25) is 0 Å². The van der Waals surface area contributed by atoms with E-state index < -0.39 is 0 Å². The molecule has 0 saturated heterocycles. The van der Waals surface area contributed by atoms with Gasteiger partial charge in [-0.2, -0.15) is 0 Å². The monoisotopic (exact) mass is 354 g/mol. The molecule has 0 aromatic carbocycles. The number of thiophene rings is 2. The summed E-state index contributed by atoms with van der Waals surface area (Å²) < 4.78 is 1.06. The number of carbonyl (C=O) groups excluding carboxylic acids is 1. The van der Waals surface area contributed by atoms with E-state index >= 15 is 0 Å². The van der Waals surface area contributed by atoms with E-state index in [1.165, 1.54) is 10.4 Å². The highest BCUT2D eigenvalue weighted by atomic mass is 79.9. The zero-order valence-electron chi connectivity index (χ0n) is 10.9. The summed E-state index contributed by atoms with van der Waals surface area (Å²) in [5, 5.41) is 2.04. The van der Waals surface area contributed by atoms with Gasteiger partial charge in [-0.15, -0.1) is 22.7 Å². The van der Waals surface area contributed by atoms with Gasteiger partial charge in [0.1, 0.15) is 0 Å². The predicted molar refractivity (Wildman–Crippen MR) is 88.4 cm³/mol. The Morgan fingerprint density at radius 3 is 2.89 bits per heavy atom. The number of hydrogen-bond acceptors (Lipinski definition) is 3. The van der Waals surface area contributed by atoms with Crippen molar-refractivity contribution in [1.82, 2.24) is 0 Å². The van der Waals surface area contributed by atoms with Crippen LogP contribution in [0.15, 0.2) is 28.1 Å². The molecule has 0 amide bonds. The van der Waals surface area contributed by atoms with Crippen molar-refractivity contribution in [3.05, 3.63) is 48.3 Å². The van der Waals surface area contributed by atoms with Gasteiger partial charge < -0.3 is 0 Å². The second-order valence-corrected chi connectivity index (χ2v) is 7.24. The van der Waals surface area contributed by atoms with Crippen LogP contribution in [0.1, 0.15) is 38.3 Å². The SMILES string of the molecule is CCCc1sc(C(=O)/C=C/c2sccc2C)cc1Br. The summed E-state index contributed by atoms with van der Waals surface area (Å²) in [6.45, 7) is 4.20. The topological polar surface area (TPSA) is 17.1 Å². The van der Waals surface area contributed by atoms with Crippen LogP contribution in [-0.4, -0.2) is 5.78 Å². The van der Waals surface area contributed by atoms with E-state index in [2.05, 4.69) is 35.8 Å². The molecule has 0 unspecified atom stereocenters. The minimum atomic E-state index is 0.0841. The zero-order valence-corrected chi connectivity index (χ0v) is 14.1. The lowest BCUT2D eigenvalue weighted by Crippen LogP contribution is -1.88. The first-order valence-corrected chi connectivity index (χ1v) is 8.65. The average Bonchev–Trinajstić information content (AvgIpc) is 2.94. The fourth-order valence-electron chi connectivity index (χ4n) is 1.71. The summed E-state index contributed by atoms with van der Waals surface area (Å²) >= 11 is 6.77. The van der Waals surface area contributed by atoms with Gasteiger partial charge in [-0.25, -0.2) is 0 Å². The Bertz CT molecular complexity index is 607. The van der Waals surface area contributed by atoms with Crippen LogP contribution in [0.4, 0.5) is 0 Å². The normalized spacial score (nSPS) is 11.3. The fourth-order valence-corrected chi connectivity index (χ4v) is 4.43. The molecule has 2 aromatic rings. The number of ketones is 1. The first-order chi connectivity index (χ1) is 9.11. The molecule has 0 aliphatic carbocycles. The van der Waals surface area contributed by atoms with Crippen molar-refractivity contribution in [2.24, 2.45) is 0 Å². The Morgan fingerprint density at radius 1 is 1.47 bits per heavy atom. The molecular formula is C15H15BrOS2.